The van der Waals surface area contributed by atoms with Gasteiger partial charge in [0.05, 0.1) is 13.7 Å². The lowest BCUT2D eigenvalue weighted by atomic mass is 10.3. The van der Waals surface area contributed by atoms with Crippen molar-refractivity contribution in [1.82, 2.24) is 14.7 Å². The van der Waals surface area contributed by atoms with Gasteiger partial charge in [-0.15, -0.1) is 0 Å². The van der Waals surface area contributed by atoms with Crippen molar-refractivity contribution in [2.45, 2.75) is 18.7 Å². The van der Waals surface area contributed by atoms with Gasteiger partial charge in [-0.25, -0.2) is 18.1 Å². The number of nitrogens with zero attached hydrogens (tertiary/aromatic N) is 2. The molecule has 0 unspecified atom stereocenters. The fourth-order valence-electron chi connectivity index (χ4n) is 2.94. The molecule has 0 saturated carbocycles. The summed E-state index contributed by atoms with van der Waals surface area (Å²) >= 11 is 3.31. The first-order valence-electron chi connectivity index (χ1n) is 10.2. The lowest BCUT2D eigenvalue weighted by Crippen LogP contribution is -2.29. The van der Waals surface area contributed by atoms with E-state index in [1.54, 1.807) is 26.2 Å². The van der Waals surface area contributed by atoms with Crippen molar-refractivity contribution >= 4 is 43.4 Å². The minimum atomic E-state index is -3.76. The molecule has 11 heteroatoms. The molecule has 0 aliphatic carbocycles. The normalized spacial score (nSPS) is 11.2. The van der Waals surface area contributed by atoms with E-state index in [-0.39, 0.29) is 11.4 Å². The Labute approximate surface area is 202 Å². The lowest BCUT2D eigenvalue weighted by molar-refractivity contribution is 0.331. The largest absolute Gasteiger partial charge is 0.497 e. The zero-order valence-corrected chi connectivity index (χ0v) is 21.0. The van der Waals surface area contributed by atoms with Gasteiger partial charge in [0.15, 0.2) is 0 Å². The summed E-state index contributed by atoms with van der Waals surface area (Å²) in [6.07, 6.45) is 0. The number of aryl methyl sites for hydroxylation is 1. The van der Waals surface area contributed by atoms with Crippen LogP contribution in [0.15, 0.2) is 57.9 Å². The van der Waals surface area contributed by atoms with Gasteiger partial charge < -0.3 is 20.1 Å². The molecule has 2 aromatic carbocycles. The Balaban J connectivity index is 1.61. The number of hydrogen-bond donors (Lipinski definition) is 3. The zero-order chi connectivity index (χ0) is 23.8. The monoisotopic (exact) mass is 535 g/mol. The highest BCUT2D eigenvalue weighted by Crippen LogP contribution is 2.27. The maximum absolute atomic E-state index is 12.8. The maximum Gasteiger partial charge on any atom is 0.244 e. The summed E-state index contributed by atoms with van der Waals surface area (Å²) in [6.45, 7) is 4.46. The molecular weight excluding hydrogens is 510 g/mol. The molecule has 0 fully saturated rings. The first kappa shape index (κ1) is 24.7. The average molecular weight is 536 g/mol. The second-order valence-corrected chi connectivity index (χ2v) is 9.57. The maximum atomic E-state index is 12.8. The van der Waals surface area contributed by atoms with Crippen molar-refractivity contribution < 1.29 is 17.9 Å². The van der Waals surface area contributed by atoms with E-state index in [4.69, 9.17) is 9.47 Å². The summed E-state index contributed by atoms with van der Waals surface area (Å²) in [7, 11) is -2.15. The Kier molecular flexibility index (Phi) is 8.48. The van der Waals surface area contributed by atoms with E-state index in [2.05, 4.69) is 41.3 Å². The molecule has 0 radical (unpaired) electrons. The molecule has 0 saturated heterocycles. The predicted molar refractivity (Wildman–Crippen MR) is 132 cm³/mol. The molecule has 3 rings (SSSR count). The van der Waals surface area contributed by atoms with Gasteiger partial charge in [0, 0.05) is 35.0 Å². The van der Waals surface area contributed by atoms with Gasteiger partial charge in [0.25, 0.3) is 0 Å². The van der Waals surface area contributed by atoms with Crippen molar-refractivity contribution in [3.63, 3.8) is 0 Å². The molecule has 33 heavy (non-hydrogen) atoms. The summed E-state index contributed by atoms with van der Waals surface area (Å²) in [5, 5.41) is 6.27. The Morgan fingerprint density at radius 3 is 2.48 bits per heavy atom. The molecule has 0 aliphatic rings. The Morgan fingerprint density at radius 2 is 1.79 bits per heavy atom. The minimum Gasteiger partial charge on any atom is -0.497 e. The topological polar surface area (TPSA) is 114 Å². The molecule has 0 aliphatic heterocycles. The Morgan fingerprint density at radius 1 is 1.03 bits per heavy atom. The molecule has 9 nitrogen and oxygen atoms in total. The second kappa shape index (κ2) is 11.3. The van der Waals surface area contributed by atoms with Gasteiger partial charge in [0.1, 0.15) is 22.2 Å². The van der Waals surface area contributed by atoms with Crippen LogP contribution in [0.2, 0.25) is 0 Å². The molecule has 3 N–H and O–H groups in total. The van der Waals surface area contributed by atoms with E-state index < -0.39 is 10.0 Å². The molecule has 3 aromatic rings. The van der Waals surface area contributed by atoms with Crippen LogP contribution in [0.5, 0.6) is 11.5 Å². The summed E-state index contributed by atoms with van der Waals surface area (Å²) < 4.78 is 39.4. The van der Waals surface area contributed by atoms with E-state index in [9.17, 15) is 8.42 Å². The van der Waals surface area contributed by atoms with Crippen molar-refractivity contribution in [1.29, 1.82) is 0 Å². The number of rotatable bonds is 11. The highest BCUT2D eigenvalue weighted by Gasteiger charge is 2.19. The van der Waals surface area contributed by atoms with Gasteiger partial charge in [0.2, 0.25) is 16.0 Å². The number of nitrogens with one attached hydrogen (secondary N) is 3. The quantitative estimate of drug-likeness (QED) is 0.314. The van der Waals surface area contributed by atoms with E-state index in [0.29, 0.717) is 35.1 Å². The van der Waals surface area contributed by atoms with Crippen LogP contribution in [0, 0.1) is 6.92 Å². The predicted octanol–water partition coefficient (Wildman–Crippen LogP) is 4.09. The lowest BCUT2D eigenvalue weighted by Gasteiger charge is -2.13. The number of anilines is 3. The highest BCUT2D eigenvalue weighted by molar-refractivity contribution is 9.10. The minimum absolute atomic E-state index is 0.0801. The van der Waals surface area contributed by atoms with Crippen LogP contribution in [0.1, 0.15) is 12.6 Å². The molecule has 0 amide bonds. The summed E-state index contributed by atoms with van der Waals surface area (Å²) in [5.74, 6) is 2.08. The third kappa shape index (κ3) is 7.04. The number of aromatic nitrogens is 2. The smallest absolute Gasteiger partial charge is 0.244 e. The highest BCUT2D eigenvalue weighted by atomic mass is 79.9. The Bertz CT molecular complexity index is 1190. The van der Waals surface area contributed by atoms with Crippen LogP contribution >= 0.6 is 15.9 Å². The Hall–Kier alpha value is -2.89. The molecule has 0 spiro atoms. The molecular formula is C22H26BrN5O4S. The van der Waals surface area contributed by atoms with Crippen LogP contribution in [-0.4, -0.2) is 45.2 Å². The fraction of sp³-hybridized carbons (Fsp3) is 0.273. The van der Waals surface area contributed by atoms with E-state index >= 15 is 0 Å². The van der Waals surface area contributed by atoms with Crippen molar-refractivity contribution in [2.24, 2.45) is 0 Å². The van der Waals surface area contributed by atoms with Gasteiger partial charge in [-0.1, -0.05) is 15.9 Å². The first-order valence-corrected chi connectivity index (χ1v) is 12.5. The molecule has 1 heterocycles. The number of hydrogen-bond acceptors (Lipinski definition) is 8. The van der Waals surface area contributed by atoms with Gasteiger partial charge in [-0.05, 0) is 56.3 Å². The molecule has 0 atom stereocenters. The number of methoxy groups -OCH3 is 1. The summed E-state index contributed by atoms with van der Waals surface area (Å²) in [5.41, 5.74) is 1.62. The SMILES string of the molecule is CCOc1ccc(Br)cc1S(=O)(=O)NCCNc1nc(C)cc(Nc2ccc(OC)cc2)n1. The van der Waals surface area contributed by atoms with E-state index in [0.717, 1.165) is 17.1 Å². The summed E-state index contributed by atoms with van der Waals surface area (Å²) in [4.78, 5) is 8.89. The van der Waals surface area contributed by atoms with E-state index in [1.165, 1.54) is 6.07 Å². The number of ether oxygens (including phenoxy) is 2. The van der Waals surface area contributed by atoms with Crippen LogP contribution in [-0.2, 0) is 10.0 Å². The molecule has 0 bridgehead atoms. The van der Waals surface area contributed by atoms with E-state index in [1.807, 2.05) is 37.3 Å². The summed E-state index contributed by atoms with van der Waals surface area (Å²) in [6, 6.07) is 14.2. The fourth-order valence-corrected chi connectivity index (χ4v) is 4.65. The van der Waals surface area contributed by atoms with Crippen LogP contribution in [0.25, 0.3) is 0 Å². The second-order valence-electron chi connectivity index (χ2n) is 6.92. The number of halogens is 1. The molecule has 176 valence electrons. The van der Waals surface area contributed by atoms with Gasteiger partial charge in [-0.3, -0.25) is 0 Å². The van der Waals surface area contributed by atoms with Crippen molar-refractivity contribution in [3.8, 4) is 11.5 Å². The van der Waals surface area contributed by atoms with Gasteiger partial charge >= 0.3 is 0 Å². The first-order chi connectivity index (χ1) is 15.8. The molecule has 1 aromatic heterocycles. The standard InChI is InChI=1S/C22H26BrN5O4S/c1-4-32-19-10-5-16(23)14-20(19)33(29,30)25-12-11-24-22-26-15(2)13-21(28-22)27-17-6-8-18(31-3)9-7-17/h5-10,13-14,25H,4,11-12H2,1-3H3,(H2,24,26,27,28). The van der Waals surface area contributed by atoms with Crippen LogP contribution in [0.3, 0.4) is 0 Å². The van der Waals surface area contributed by atoms with Crippen LogP contribution in [0.4, 0.5) is 17.5 Å². The number of benzene rings is 2. The van der Waals surface area contributed by atoms with Crippen molar-refractivity contribution in [2.75, 3.05) is 37.4 Å². The zero-order valence-electron chi connectivity index (χ0n) is 18.6. The third-order valence-electron chi connectivity index (χ3n) is 4.41. The average Bonchev–Trinajstić information content (AvgIpc) is 2.78. The van der Waals surface area contributed by atoms with Crippen molar-refractivity contribution in [3.05, 3.63) is 58.7 Å². The van der Waals surface area contributed by atoms with Gasteiger partial charge in [-0.2, -0.15) is 4.98 Å². The van der Waals surface area contributed by atoms with Crippen LogP contribution < -0.4 is 24.8 Å². The third-order valence-corrected chi connectivity index (χ3v) is 6.39. The number of sulfonamides is 1.